The highest BCUT2D eigenvalue weighted by Crippen LogP contribution is 2.22. The standard InChI is InChI=1S/C13H13NO5S/c15-8-11(13(16)17)14-20(18,19)12-7-3-5-9-4-1-2-6-10(9)12/h1-7,11,14-15H,8H2,(H,16,17)/t11-/m1/s1. The van der Waals surface area contributed by atoms with Gasteiger partial charge in [-0.05, 0) is 11.5 Å². The van der Waals surface area contributed by atoms with E-state index in [1.165, 1.54) is 6.07 Å². The van der Waals surface area contributed by atoms with Crippen molar-refractivity contribution >= 4 is 26.8 Å². The Bertz CT molecular complexity index is 736. The molecule has 0 spiro atoms. The van der Waals surface area contributed by atoms with Crippen LogP contribution in [0.25, 0.3) is 10.8 Å². The SMILES string of the molecule is O=C(O)[C@@H](CO)NS(=O)(=O)c1cccc2ccccc12. The molecular formula is C13H13NO5S. The topological polar surface area (TPSA) is 104 Å². The number of carboxylic acid groups (broad SMARTS) is 1. The van der Waals surface area contributed by atoms with Crippen molar-refractivity contribution in [1.82, 2.24) is 4.72 Å². The van der Waals surface area contributed by atoms with Crippen molar-refractivity contribution in [2.45, 2.75) is 10.9 Å². The van der Waals surface area contributed by atoms with Gasteiger partial charge in [-0.1, -0.05) is 36.4 Å². The molecule has 7 heteroatoms. The van der Waals surface area contributed by atoms with Crippen LogP contribution in [0.5, 0.6) is 0 Å². The molecule has 0 saturated heterocycles. The van der Waals surface area contributed by atoms with E-state index in [-0.39, 0.29) is 4.90 Å². The average molecular weight is 295 g/mol. The highest BCUT2D eigenvalue weighted by atomic mass is 32.2. The molecule has 0 fully saturated rings. The second-order valence-corrected chi connectivity index (χ2v) is 5.85. The van der Waals surface area contributed by atoms with Crippen LogP contribution in [0.15, 0.2) is 47.4 Å². The highest BCUT2D eigenvalue weighted by molar-refractivity contribution is 7.89. The van der Waals surface area contributed by atoms with Crippen LogP contribution in [0, 0.1) is 0 Å². The van der Waals surface area contributed by atoms with Crippen molar-refractivity contribution in [1.29, 1.82) is 0 Å². The van der Waals surface area contributed by atoms with E-state index in [1.807, 2.05) is 4.72 Å². The Labute approximate surface area is 115 Å². The number of hydrogen-bond acceptors (Lipinski definition) is 4. The van der Waals surface area contributed by atoms with E-state index in [9.17, 15) is 13.2 Å². The second-order valence-electron chi connectivity index (χ2n) is 4.17. The molecule has 20 heavy (non-hydrogen) atoms. The zero-order chi connectivity index (χ0) is 14.8. The van der Waals surface area contributed by atoms with Gasteiger partial charge in [-0.3, -0.25) is 4.79 Å². The van der Waals surface area contributed by atoms with Crippen molar-refractivity contribution < 1.29 is 23.4 Å². The summed E-state index contributed by atoms with van der Waals surface area (Å²) in [5.74, 6) is -1.43. The summed E-state index contributed by atoms with van der Waals surface area (Å²) in [7, 11) is -4.03. The lowest BCUT2D eigenvalue weighted by Gasteiger charge is -2.13. The molecule has 1 atom stereocenters. The van der Waals surface area contributed by atoms with Gasteiger partial charge in [0.1, 0.15) is 6.04 Å². The third-order valence-corrected chi connectivity index (χ3v) is 4.35. The maximum Gasteiger partial charge on any atom is 0.324 e. The first kappa shape index (κ1) is 14.4. The number of fused-ring (bicyclic) bond motifs is 1. The van der Waals surface area contributed by atoms with E-state index >= 15 is 0 Å². The Morgan fingerprint density at radius 1 is 1.15 bits per heavy atom. The van der Waals surface area contributed by atoms with Gasteiger partial charge < -0.3 is 10.2 Å². The summed E-state index contributed by atoms with van der Waals surface area (Å²) in [6.45, 7) is -0.820. The summed E-state index contributed by atoms with van der Waals surface area (Å²) in [5, 5.41) is 18.9. The molecule has 0 aliphatic carbocycles. The smallest absolute Gasteiger partial charge is 0.324 e. The fraction of sp³-hybridized carbons (Fsp3) is 0.154. The van der Waals surface area contributed by atoms with Crippen LogP contribution < -0.4 is 4.72 Å². The predicted octanol–water partition coefficient (Wildman–Crippen LogP) is 0.564. The minimum Gasteiger partial charge on any atom is -0.480 e. The fourth-order valence-electron chi connectivity index (χ4n) is 1.85. The molecule has 2 aromatic rings. The van der Waals surface area contributed by atoms with Crippen molar-refractivity contribution in [3.63, 3.8) is 0 Å². The Morgan fingerprint density at radius 2 is 1.80 bits per heavy atom. The number of aliphatic hydroxyl groups excluding tert-OH is 1. The maximum absolute atomic E-state index is 12.2. The van der Waals surface area contributed by atoms with E-state index in [0.29, 0.717) is 5.39 Å². The quantitative estimate of drug-likeness (QED) is 0.748. The number of benzene rings is 2. The first-order valence-corrected chi connectivity index (χ1v) is 7.28. The Morgan fingerprint density at radius 3 is 2.45 bits per heavy atom. The Balaban J connectivity index is 2.50. The molecule has 0 radical (unpaired) electrons. The Kier molecular flexibility index (Phi) is 4.03. The molecule has 0 amide bonds. The van der Waals surface area contributed by atoms with Crippen molar-refractivity contribution in [2.24, 2.45) is 0 Å². The van der Waals surface area contributed by atoms with Crippen LogP contribution >= 0.6 is 0 Å². The molecule has 0 heterocycles. The minimum atomic E-state index is -4.03. The van der Waals surface area contributed by atoms with Gasteiger partial charge in [-0.25, -0.2) is 8.42 Å². The van der Waals surface area contributed by atoms with Crippen LogP contribution in [-0.4, -0.2) is 37.2 Å². The van der Waals surface area contributed by atoms with Crippen LogP contribution in [0.3, 0.4) is 0 Å². The molecule has 6 nitrogen and oxygen atoms in total. The molecule has 3 N–H and O–H groups in total. The predicted molar refractivity (Wildman–Crippen MR) is 72.8 cm³/mol. The van der Waals surface area contributed by atoms with E-state index in [2.05, 4.69) is 0 Å². The molecule has 0 unspecified atom stereocenters. The lowest BCUT2D eigenvalue weighted by molar-refractivity contribution is -0.139. The molecule has 0 aliphatic heterocycles. The summed E-state index contributed by atoms with van der Waals surface area (Å²) in [6, 6.07) is 10.0. The van der Waals surface area contributed by atoms with Gasteiger partial charge in [0, 0.05) is 5.39 Å². The van der Waals surface area contributed by atoms with Crippen LogP contribution in [0.4, 0.5) is 0 Å². The number of aliphatic carboxylic acids is 1. The largest absolute Gasteiger partial charge is 0.480 e. The first-order chi connectivity index (χ1) is 9.45. The van der Waals surface area contributed by atoms with Gasteiger partial charge in [0.25, 0.3) is 0 Å². The molecule has 0 bridgehead atoms. The first-order valence-electron chi connectivity index (χ1n) is 5.79. The van der Waals surface area contributed by atoms with E-state index < -0.39 is 28.6 Å². The maximum atomic E-state index is 12.2. The molecular weight excluding hydrogens is 282 g/mol. The highest BCUT2D eigenvalue weighted by Gasteiger charge is 2.25. The van der Waals surface area contributed by atoms with Gasteiger partial charge in [-0.15, -0.1) is 0 Å². The number of aliphatic hydroxyl groups is 1. The third-order valence-electron chi connectivity index (χ3n) is 2.82. The minimum absolute atomic E-state index is 0.0182. The Hall–Kier alpha value is -1.96. The molecule has 2 rings (SSSR count). The summed E-state index contributed by atoms with van der Waals surface area (Å²) in [6.07, 6.45) is 0. The zero-order valence-electron chi connectivity index (χ0n) is 10.4. The number of carboxylic acids is 1. The molecule has 2 aromatic carbocycles. The normalized spacial score (nSPS) is 13.2. The van der Waals surface area contributed by atoms with Crippen LogP contribution in [-0.2, 0) is 14.8 Å². The number of carbonyl (C=O) groups is 1. The van der Waals surface area contributed by atoms with Gasteiger partial charge in [-0.2, -0.15) is 4.72 Å². The number of sulfonamides is 1. The second kappa shape index (κ2) is 5.58. The van der Waals surface area contributed by atoms with Gasteiger partial charge in [0.2, 0.25) is 10.0 Å². The third kappa shape index (κ3) is 2.79. The lowest BCUT2D eigenvalue weighted by Crippen LogP contribution is -2.43. The van der Waals surface area contributed by atoms with Gasteiger partial charge in [0.15, 0.2) is 0 Å². The zero-order valence-corrected chi connectivity index (χ0v) is 11.2. The fourth-order valence-corrected chi connectivity index (χ4v) is 3.26. The van der Waals surface area contributed by atoms with E-state index in [4.69, 9.17) is 10.2 Å². The van der Waals surface area contributed by atoms with Crippen molar-refractivity contribution in [3.05, 3.63) is 42.5 Å². The number of hydrogen-bond donors (Lipinski definition) is 3. The van der Waals surface area contributed by atoms with Gasteiger partial charge in [0.05, 0.1) is 11.5 Å². The monoisotopic (exact) mass is 295 g/mol. The van der Waals surface area contributed by atoms with Crippen LogP contribution in [0.1, 0.15) is 0 Å². The van der Waals surface area contributed by atoms with Crippen LogP contribution in [0.2, 0.25) is 0 Å². The van der Waals surface area contributed by atoms with Crippen molar-refractivity contribution in [3.8, 4) is 0 Å². The summed E-state index contributed by atoms with van der Waals surface area (Å²) in [5.41, 5.74) is 0. The summed E-state index contributed by atoms with van der Waals surface area (Å²) >= 11 is 0. The summed E-state index contributed by atoms with van der Waals surface area (Å²) in [4.78, 5) is 10.8. The molecule has 0 aliphatic rings. The molecule has 106 valence electrons. The van der Waals surface area contributed by atoms with Crippen molar-refractivity contribution in [2.75, 3.05) is 6.61 Å². The molecule has 0 saturated carbocycles. The molecule has 0 aromatic heterocycles. The lowest BCUT2D eigenvalue weighted by atomic mass is 10.1. The number of rotatable bonds is 5. The summed E-state index contributed by atoms with van der Waals surface area (Å²) < 4.78 is 26.4. The van der Waals surface area contributed by atoms with Gasteiger partial charge >= 0.3 is 5.97 Å². The average Bonchev–Trinajstić information content (AvgIpc) is 2.43. The van der Waals surface area contributed by atoms with E-state index in [1.54, 1.807) is 36.4 Å². The number of nitrogens with one attached hydrogen (secondary N) is 1. The van der Waals surface area contributed by atoms with E-state index in [0.717, 1.165) is 5.39 Å².